The first-order chi connectivity index (χ1) is 8.79. The van der Waals surface area contributed by atoms with E-state index in [0.717, 1.165) is 12.8 Å². The van der Waals surface area contributed by atoms with E-state index in [1.54, 1.807) is 0 Å². The summed E-state index contributed by atoms with van der Waals surface area (Å²) in [5.41, 5.74) is 7.41. The van der Waals surface area contributed by atoms with Crippen LogP contribution in [0.4, 0.5) is 0 Å². The average molecular weight is 257 g/mol. The smallest absolute Gasteiger partial charge is 0.0154 e. The van der Waals surface area contributed by atoms with Crippen LogP contribution < -0.4 is 5.73 Å². The van der Waals surface area contributed by atoms with Crippen molar-refractivity contribution in [1.29, 1.82) is 0 Å². The van der Waals surface area contributed by atoms with E-state index in [0.29, 0.717) is 0 Å². The van der Waals surface area contributed by atoms with Gasteiger partial charge >= 0.3 is 0 Å². The molecule has 0 aromatic heterocycles. The summed E-state index contributed by atoms with van der Waals surface area (Å²) in [6, 6.07) is 19.3. The molecule has 18 heavy (non-hydrogen) atoms. The molecule has 2 rings (SSSR count). The van der Waals surface area contributed by atoms with Gasteiger partial charge in [-0.3, -0.25) is 0 Å². The second kappa shape index (κ2) is 6.62. The van der Waals surface area contributed by atoms with Crippen molar-refractivity contribution in [2.75, 3.05) is 0 Å². The van der Waals surface area contributed by atoms with Gasteiger partial charge in [0.1, 0.15) is 0 Å². The van der Waals surface area contributed by atoms with Crippen LogP contribution in [0.1, 0.15) is 18.9 Å². The quantitative estimate of drug-likeness (QED) is 0.872. The van der Waals surface area contributed by atoms with Crippen molar-refractivity contribution in [3.8, 4) is 0 Å². The van der Waals surface area contributed by atoms with E-state index in [1.807, 2.05) is 17.8 Å². The van der Waals surface area contributed by atoms with Gasteiger partial charge in [-0.05, 0) is 36.6 Å². The minimum Gasteiger partial charge on any atom is -0.327 e. The lowest BCUT2D eigenvalue weighted by molar-refractivity contribution is 0.641. The summed E-state index contributed by atoms with van der Waals surface area (Å²) < 4.78 is 0. The van der Waals surface area contributed by atoms with E-state index in [4.69, 9.17) is 5.73 Å². The number of nitrogens with two attached hydrogens (primary N) is 1. The summed E-state index contributed by atoms with van der Waals surface area (Å²) in [5.74, 6) is 0. The molecule has 0 aliphatic heterocycles. The molecule has 2 aromatic rings. The van der Waals surface area contributed by atoms with Crippen LogP contribution in [0.15, 0.2) is 64.4 Å². The number of benzene rings is 2. The third-order valence-electron chi connectivity index (χ3n) is 2.95. The number of hydrogen-bond donors (Lipinski definition) is 1. The monoisotopic (exact) mass is 257 g/mol. The minimum atomic E-state index is 0.252. The molecule has 2 heteroatoms. The second-order valence-electron chi connectivity index (χ2n) is 4.40. The Morgan fingerprint density at radius 1 is 1.00 bits per heavy atom. The molecule has 0 amide bonds. The van der Waals surface area contributed by atoms with Gasteiger partial charge in [0.25, 0.3) is 0 Å². The Morgan fingerprint density at radius 2 is 1.67 bits per heavy atom. The Kier molecular flexibility index (Phi) is 4.85. The predicted molar refractivity (Wildman–Crippen MR) is 79.0 cm³/mol. The molecule has 0 radical (unpaired) electrons. The summed E-state index contributed by atoms with van der Waals surface area (Å²) in [7, 11) is 0. The summed E-state index contributed by atoms with van der Waals surface area (Å²) in [4.78, 5) is 2.59. The molecule has 0 spiro atoms. The molecule has 2 aromatic carbocycles. The average Bonchev–Trinajstić information content (AvgIpc) is 2.42. The van der Waals surface area contributed by atoms with Crippen molar-refractivity contribution >= 4 is 11.8 Å². The topological polar surface area (TPSA) is 26.0 Å². The molecule has 94 valence electrons. The van der Waals surface area contributed by atoms with E-state index >= 15 is 0 Å². The van der Waals surface area contributed by atoms with Crippen molar-refractivity contribution in [2.45, 2.75) is 35.6 Å². The Labute approximate surface area is 113 Å². The Morgan fingerprint density at radius 3 is 2.39 bits per heavy atom. The normalized spacial score (nSPS) is 12.3. The molecule has 2 N–H and O–H groups in total. The summed E-state index contributed by atoms with van der Waals surface area (Å²) in [6.07, 6.45) is 1.97. The fourth-order valence-electron chi connectivity index (χ4n) is 1.81. The van der Waals surface area contributed by atoms with Crippen LogP contribution in [-0.4, -0.2) is 6.04 Å². The Hall–Kier alpha value is -1.25. The summed E-state index contributed by atoms with van der Waals surface area (Å²) >= 11 is 1.81. The molecule has 0 saturated heterocycles. The largest absolute Gasteiger partial charge is 0.327 e. The Balaban J connectivity index is 2.17. The standard InChI is InChI=1S/C16H19NS/c1-2-14(17)12-13-8-6-7-11-16(13)18-15-9-4-3-5-10-15/h3-11,14H,2,12,17H2,1H3. The zero-order valence-electron chi connectivity index (χ0n) is 10.7. The van der Waals surface area contributed by atoms with Crippen molar-refractivity contribution < 1.29 is 0 Å². The van der Waals surface area contributed by atoms with E-state index in [2.05, 4.69) is 55.5 Å². The molecule has 0 aliphatic carbocycles. The summed E-state index contributed by atoms with van der Waals surface area (Å²) in [6.45, 7) is 2.14. The molecule has 0 fully saturated rings. The SMILES string of the molecule is CCC(N)Cc1ccccc1Sc1ccccc1. The third-order valence-corrected chi connectivity index (χ3v) is 4.08. The highest BCUT2D eigenvalue weighted by Gasteiger charge is 2.07. The van der Waals surface area contributed by atoms with Crippen LogP contribution in [0.5, 0.6) is 0 Å². The first-order valence-corrected chi connectivity index (χ1v) is 7.17. The summed E-state index contributed by atoms with van der Waals surface area (Å²) in [5, 5.41) is 0. The molecule has 1 unspecified atom stereocenters. The Bertz CT molecular complexity index is 481. The third kappa shape index (κ3) is 3.62. The predicted octanol–water partition coefficient (Wildman–Crippen LogP) is 4.12. The lowest BCUT2D eigenvalue weighted by atomic mass is 10.1. The zero-order chi connectivity index (χ0) is 12.8. The number of rotatable bonds is 5. The van der Waals surface area contributed by atoms with Crippen molar-refractivity contribution in [3.05, 3.63) is 60.2 Å². The highest BCUT2D eigenvalue weighted by atomic mass is 32.2. The van der Waals surface area contributed by atoms with Crippen molar-refractivity contribution in [2.24, 2.45) is 5.73 Å². The van der Waals surface area contributed by atoms with Gasteiger partial charge in [-0.25, -0.2) is 0 Å². The number of hydrogen-bond acceptors (Lipinski definition) is 2. The fraction of sp³-hybridized carbons (Fsp3) is 0.250. The molecule has 0 saturated carbocycles. The molecular weight excluding hydrogens is 238 g/mol. The second-order valence-corrected chi connectivity index (χ2v) is 5.51. The molecular formula is C16H19NS. The molecule has 0 heterocycles. The van der Waals surface area contributed by atoms with Gasteiger partial charge in [-0.1, -0.05) is 55.1 Å². The van der Waals surface area contributed by atoms with Crippen LogP contribution in [0.3, 0.4) is 0 Å². The molecule has 1 atom stereocenters. The van der Waals surface area contributed by atoms with Crippen LogP contribution in [-0.2, 0) is 6.42 Å². The maximum atomic E-state index is 6.06. The van der Waals surface area contributed by atoms with Gasteiger partial charge in [0.05, 0.1) is 0 Å². The van der Waals surface area contributed by atoms with Gasteiger partial charge in [0.15, 0.2) is 0 Å². The van der Waals surface area contributed by atoms with Crippen molar-refractivity contribution in [1.82, 2.24) is 0 Å². The van der Waals surface area contributed by atoms with Crippen LogP contribution in [0, 0.1) is 0 Å². The highest BCUT2D eigenvalue weighted by molar-refractivity contribution is 7.99. The van der Waals surface area contributed by atoms with Crippen LogP contribution in [0.2, 0.25) is 0 Å². The van der Waals surface area contributed by atoms with Gasteiger partial charge in [-0.15, -0.1) is 0 Å². The van der Waals surface area contributed by atoms with Crippen LogP contribution >= 0.6 is 11.8 Å². The molecule has 0 aliphatic rings. The van der Waals surface area contributed by atoms with Crippen molar-refractivity contribution in [3.63, 3.8) is 0 Å². The van der Waals surface area contributed by atoms with Gasteiger partial charge in [0, 0.05) is 15.8 Å². The van der Waals surface area contributed by atoms with Gasteiger partial charge < -0.3 is 5.73 Å². The zero-order valence-corrected chi connectivity index (χ0v) is 11.5. The lowest BCUT2D eigenvalue weighted by Gasteiger charge is -2.12. The molecule has 1 nitrogen and oxygen atoms in total. The van der Waals surface area contributed by atoms with Crippen LogP contribution in [0.25, 0.3) is 0 Å². The van der Waals surface area contributed by atoms with E-state index < -0.39 is 0 Å². The first-order valence-electron chi connectivity index (χ1n) is 6.36. The molecule has 0 bridgehead atoms. The maximum absolute atomic E-state index is 6.06. The minimum absolute atomic E-state index is 0.252. The van der Waals surface area contributed by atoms with Gasteiger partial charge in [0.2, 0.25) is 0 Å². The fourth-order valence-corrected chi connectivity index (χ4v) is 2.79. The van der Waals surface area contributed by atoms with E-state index in [1.165, 1.54) is 15.4 Å². The first kappa shape index (κ1) is 13.2. The lowest BCUT2D eigenvalue weighted by Crippen LogP contribution is -2.21. The van der Waals surface area contributed by atoms with E-state index in [9.17, 15) is 0 Å². The van der Waals surface area contributed by atoms with Gasteiger partial charge in [-0.2, -0.15) is 0 Å². The highest BCUT2D eigenvalue weighted by Crippen LogP contribution is 2.30. The van der Waals surface area contributed by atoms with E-state index in [-0.39, 0.29) is 6.04 Å². The maximum Gasteiger partial charge on any atom is 0.0154 e.